The third-order valence-corrected chi connectivity index (χ3v) is 27.4. The van der Waals surface area contributed by atoms with Gasteiger partial charge in [0.1, 0.15) is 53.7 Å². The fourth-order valence-corrected chi connectivity index (χ4v) is 19.1. The van der Waals surface area contributed by atoms with E-state index in [-0.39, 0.29) is 153 Å². The van der Waals surface area contributed by atoms with Gasteiger partial charge in [-0.3, -0.25) is 14.4 Å². The summed E-state index contributed by atoms with van der Waals surface area (Å²) in [5, 5.41) is 37.6. The molecule has 9 heterocycles. The molecule has 27 nitrogen and oxygen atoms in total. The first-order chi connectivity index (χ1) is 61.2. The van der Waals surface area contributed by atoms with E-state index in [4.69, 9.17) is 28.4 Å². The van der Waals surface area contributed by atoms with Crippen LogP contribution in [-0.2, 0) is 116 Å². The number of rotatable bonds is 5. The van der Waals surface area contributed by atoms with Crippen LogP contribution in [0.25, 0.3) is 32.7 Å². The molecule has 711 valence electrons. The van der Waals surface area contributed by atoms with E-state index in [1.807, 2.05) is 64.8 Å². The fourth-order valence-electron chi connectivity index (χ4n) is 19.1. The predicted molar refractivity (Wildman–Crippen MR) is 464 cm³/mol. The fraction of sp³-hybridized carbons (Fsp3) is 0.598. The zero-order chi connectivity index (χ0) is 94.4. The number of ether oxygens (including phenoxy) is 6. The largest absolute Gasteiger partial charge is 0.540 e. The van der Waals surface area contributed by atoms with Crippen LogP contribution in [0, 0.1) is 85.7 Å². The second kappa shape index (κ2) is 41.5. The summed E-state index contributed by atoms with van der Waals surface area (Å²) in [6, 6.07) is 17.9. The Hall–Kier alpha value is -9.68. The topological polar surface area (TPSA) is 365 Å². The average Bonchev–Trinajstić information content (AvgIpc) is 1.75. The molecule has 0 unspecified atom stereocenters. The van der Waals surface area contributed by atoms with E-state index in [0.29, 0.717) is 120 Å². The molecule has 6 aliphatic heterocycles. The quantitative estimate of drug-likeness (QED) is 0.0820. The summed E-state index contributed by atoms with van der Waals surface area (Å²) >= 11 is 0. The first-order valence-corrected chi connectivity index (χ1v) is 44.9. The van der Waals surface area contributed by atoms with Crippen LogP contribution in [0.15, 0.2) is 72.8 Å². The van der Waals surface area contributed by atoms with E-state index >= 15 is 26.3 Å². The normalized spacial score (nSPS) is 29.9. The van der Waals surface area contributed by atoms with Crippen LogP contribution >= 0.6 is 0 Å². The molecule has 15 rings (SSSR count). The van der Waals surface area contributed by atoms with Crippen molar-refractivity contribution in [1.29, 1.82) is 15.8 Å². The van der Waals surface area contributed by atoms with Crippen molar-refractivity contribution in [2.24, 2.45) is 51.8 Å². The van der Waals surface area contributed by atoms with Crippen molar-refractivity contribution >= 4 is 87.6 Å². The first-order valence-electron chi connectivity index (χ1n) is 44.9. The number of amides is 6. The Morgan fingerprint density at radius 3 is 1.08 bits per heavy atom. The van der Waals surface area contributed by atoms with E-state index in [2.05, 4.69) is 30.9 Å². The van der Waals surface area contributed by atoms with Crippen LogP contribution in [0.3, 0.4) is 0 Å². The molecule has 6 bridgehead atoms. The van der Waals surface area contributed by atoms with Crippen LogP contribution in [0.2, 0.25) is 0 Å². The third-order valence-electron chi connectivity index (χ3n) is 27.4. The number of nitrogens with one attached hydrogen (secondary N) is 3. The zero-order valence-electron chi connectivity index (χ0n) is 77.1. The molecule has 3 N–H and O–H groups in total. The van der Waals surface area contributed by atoms with Gasteiger partial charge >= 0.3 is 18.3 Å². The van der Waals surface area contributed by atoms with Gasteiger partial charge in [-0.1, -0.05) is 152 Å². The van der Waals surface area contributed by atoms with Crippen LogP contribution in [0.5, 0.6) is 17.6 Å². The van der Waals surface area contributed by atoms with Crippen molar-refractivity contribution in [3.63, 3.8) is 0 Å². The second-order valence-corrected chi connectivity index (χ2v) is 40.0. The van der Waals surface area contributed by atoms with Gasteiger partial charge in [0.2, 0.25) is 35.4 Å². The summed E-state index contributed by atoms with van der Waals surface area (Å²) in [4.78, 5) is 135. The number of nitriles is 3. The summed E-state index contributed by atoms with van der Waals surface area (Å²) in [6.07, 6.45) is 6.20. The minimum Gasteiger partial charge on any atom is -0.540 e. The van der Waals surface area contributed by atoms with E-state index < -0.39 is 173 Å². The number of alkyl halides is 6. The monoisotopic (exact) mass is 1950 g/mol. The van der Waals surface area contributed by atoms with Crippen LogP contribution in [-0.4, -0.2) is 176 Å². The molecular weight excluding hydrogens is 1840 g/mol. The van der Waals surface area contributed by atoms with Gasteiger partial charge in [-0.15, -0.1) is 0 Å². The maximum Gasteiger partial charge on any atom is 0.408 e. The molecule has 9 aliphatic rings. The maximum absolute atomic E-state index is 16.0. The Labute approximate surface area is 806 Å². The summed E-state index contributed by atoms with van der Waals surface area (Å²) in [5.74, 6) is -13.9. The Kier molecular flexibility index (Phi) is 32.9. The Balaban J connectivity index is 0.000000204. The molecule has 6 amide bonds. The van der Waals surface area contributed by atoms with Crippen LogP contribution in [0.4, 0.5) is 40.7 Å². The van der Waals surface area contributed by atoms with Gasteiger partial charge in [-0.2, -0.15) is 15.8 Å². The number of fused-ring (bicyclic) bond motifs is 15. The minimum atomic E-state index is -3.29. The molecular formula is C97H113F6N12O15V3-3. The molecule has 3 radical (unpaired) electrons. The van der Waals surface area contributed by atoms with Crippen LogP contribution < -0.4 is 30.2 Å². The number of carbonyl (C=O) groups is 6. The predicted octanol–water partition coefficient (Wildman–Crippen LogP) is 16.6. The number of pyridine rings is 3. The van der Waals surface area contributed by atoms with E-state index in [1.54, 1.807) is 106 Å². The third kappa shape index (κ3) is 23.4. The van der Waals surface area contributed by atoms with Gasteiger partial charge in [-0.05, 0) is 166 Å². The van der Waals surface area contributed by atoms with Gasteiger partial charge in [0.15, 0.2) is 0 Å². The summed E-state index contributed by atoms with van der Waals surface area (Å²) in [6.45, 7) is 24.8. The molecule has 0 spiro atoms. The Bertz CT molecular complexity index is 5510. The van der Waals surface area contributed by atoms with Gasteiger partial charge in [0, 0.05) is 103 Å². The number of halogens is 6. The van der Waals surface area contributed by atoms with Gasteiger partial charge in [0.05, 0.1) is 87.8 Å². The smallest absolute Gasteiger partial charge is 0.408 e. The Morgan fingerprint density at radius 1 is 0.444 bits per heavy atom. The van der Waals surface area contributed by atoms with Gasteiger partial charge in [0.25, 0.3) is 17.8 Å². The minimum absolute atomic E-state index is 0. The van der Waals surface area contributed by atoms with Crippen molar-refractivity contribution in [2.45, 2.75) is 296 Å². The number of aromatic nitrogens is 3. The number of nitrogens with zero attached hydrogens (tertiary/aromatic N) is 9. The molecule has 6 fully saturated rings. The van der Waals surface area contributed by atoms with Crippen molar-refractivity contribution < 1.29 is 154 Å². The van der Waals surface area contributed by atoms with Crippen LogP contribution in [0.1, 0.15) is 239 Å². The molecule has 18 atom stereocenters. The molecule has 36 heteroatoms. The van der Waals surface area contributed by atoms with E-state index in [9.17, 15) is 58.9 Å². The molecule has 3 saturated carbocycles. The number of hydrogen-bond acceptors (Lipinski definition) is 21. The number of hydrogen-bond donors (Lipinski definition) is 3. The molecule has 3 aliphatic carbocycles. The first kappa shape index (κ1) is 105. The molecule has 3 aromatic carbocycles. The molecule has 6 aromatic rings. The molecule has 3 aromatic heterocycles. The molecule has 3 saturated heterocycles. The standard InChI is InChI=1S/C33H39F2N4O5.2C32H37F2N4O5.3V/c1-6-22-25(18-40)39-17-26(22)43-28-23(14-20-11-10-19(16-36)13-24(20)37-28)33(34,35)12-8-7-9-21-15-32(21,5)44-30(42)38-27(29(39)41)31(2,3)4;1-18-24(17-39)38-16-25(18)42-27-22(13-20-10-9-19(15-35)12-23(20)36-27)32(33,34)11-7-6-8-21-14-31(21,5)43-29(41)37-26(28(38)40)30(2,3)4;1-5-21-24(17-39)38-16-26(21)42-28-22(13-19-10-9-18(15-35)12-23(19)36-28)32(33,34)11-7-6-8-20-14-25(20)43-30(41)37-27(29(38)40)31(2,3)4;;;/h10-11,13-14,21-22,25-27H,6-9,12,15,17H2,1-5H3,(H,38,42);9-10,12-13,18,21,24-26H,6-8,11,14,16H2,1-5H3,(H,37,41);9-10,12-13,20-21,24-27H,5-8,11,14,16H2,1-4H3,(H,37,41);;;/q3*-1;;;/t21-,22+,25-,26+,27-,32-;18-,21+,24+,25-,26+,31+;20-,21+,24-,25-,26+,27-;;;/m101.../s1. The van der Waals surface area contributed by atoms with E-state index in [0.717, 1.165) is 0 Å². The maximum atomic E-state index is 16.0. The second-order valence-electron chi connectivity index (χ2n) is 40.0. The SMILES string of the molecule is CC[C@@H]1[C@@H]2CN(C(=O)[C@H](C(C)(C)C)NC(=O)O[C@@H]3C[C@H]3CCCCC(F)(F)c3cc4ccc(C#N)cc4nc3O2)[C@@H]1[C-]=O.CC[C@@H]1[C@@H]2CN(C(=O)[C@H](C(C)(C)C)NC(=O)O[C@]3(C)C[C@H]3CCCCC(F)(F)c3cc4ccc(C#N)cc4nc3O2)[C@@H]1[C-]=O.C[C@@H]1[C@@H]2CN(C(=O)[C@H](C(C)(C)C)NC(=O)O[C@]3(C)C[C@H]3CCCCC(F)(F)c3cc4ccc(C#N)cc4nc3O2)[C@@H]1[C-]=O.[V].[V].[V]. The summed E-state index contributed by atoms with van der Waals surface area (Å²) < 4.78 is 131. The summed E-state index contributed by atoms with van der Waals surface area (Å²) in [5.41, 5.74) is -2.90. The van der Waals surface area contributed by atoms with E-state index in [1.165, 1.54) is 51.1 Å². The van der Waals surface area contributed by atoms with Crippen molar-refractivity contribution in [1.82, 2.24) is 45.6 Å². The average molecular weight is 1950 g/mol. The van der Waals surface area contributed by atoms with Crippen molar-refractivity contribution in [2.75, 3.05) is 19.6 Å². The number of benzene rings is 3. The van der Waals surface area contributed by atoms with Gasteiger partial charge in [-0.25, -0.2) is 74.5 Å². The number of carbonyl (C=O) groups excluding carboxylic acids is 9. The van der Waals surface area contributed by atoms with Crippen molar-refractivity contribution in [3.8, 4) is 35.8 Å². The molecule has 133 heavy (non-hydrogen) atoms. The zero-order valence-corrected chi connectivity index (χ0v) is 81.3. The van der Waals surface area contributed by atoms with Gasteiger partial charge < -0.3 is 73.5 Å². The van der Waals surface area contributed by atoms with Crippen molar-refractivity contribution in [3.05, 3.63) is 106 Å². The Morgan fingerprint density at radius 2 is 0.759 bits per heavy atom. The summed E-state index contributed by atoms with van der Waals surface area (Å²) in [7, 11) is 0. The number of alkyl carbamates (subject to hydrolysis) is 3.